The molecule has 0 atom stereocenters. The molecule has 17 heavy (non-hydrogen) atoms. The maximum atomic E-state index is 3.68. The van der Waals surface area contributed by atoms with Gasteiger partial charge in [-0.15, -0.1) is 0 Å². The molecule has 1 aromatic rings. The molecule has 0 nitrogen and oxygen atoms in total. The Morgan fingerprint density at radius 3 is 2.29 bits per heavy atom. The standard InChI is InChI=1S/C17H25/c1-11(2)13-9-15(12(3)4)14-7-8-17(5,6)16(14)10-13/h10-12H,7-8H2,1-6H3. The second-order valence-corrected chi connectivity index (χ2v) is 6.72. The van der Waals surface area contributed by atoms with Crippen LogP contribution in [0.5, 0.6) is 0 Å². The third kappa shape index (κ3) is 2.14. The zero-order valence-corrected chi connectivity index (χ0v) is 12.1. The Morgan fingerprint density at radius 1 is 1.12 bits per heavy atom. The van der Waals surface area contributed by atoms with E-state index in [1.165, 1.54) is 24.0 Å². The Bertz CT molecular complexity index is 422. The summed E-state index contributed by atoms with van der Waals surface area (Å²) in [5, 5.41) is 0. The zero-order chi connectivity index (χ0) is 12.8. The van der Waals surface area contributed by atoms with Crippen molar-refractivity contribution in [3.05, 3.63) is 34.4 Å². The summed E-state index contributed by atoms with van der Waals surface area (Å²) in [6.45, 7) is 13.9. The third-order valence-corrected chi connectivity index (χ3v) is 4.16. The number of hydrogen-bond acceptors (Lipinski definition) is 0. The molecule has 2 rings (SSSR count). The van der Waals surface area contributed by atoms with Gasteiger partial charge in [-0.1, -0.05) is 47.6 Å². The maximum Gasteiger partial charge on any atom is -0.00974 e. The van der Waals surface area contributed by atoms with Crippen molar-refractivity contribution in [2.45, 2.75) is 71.6 Å². The van der Waals surface area contributed by atoms with Crippen LogP contribution in [0.2, 0.25) is 0 Å². The quantitative estimate of drug-likeness (QED) is 0.672. The smallest absolute Gasteiger partial charge is 0.00974 e. The zero-order valence-electron chi connectivity index (χ0n) is 12.1. The van der Waals surface area contributed by atoms with Gasteiger partial charge in [0.25, 0.3) is 0 Å². The van der Waals surface area contributed by atoms with Crippen molar-refractivity contribution in [1.29, 1.82) is 0 Å². The van der Waals surface area contributed by atoms with E-state index in [2.05, 4.69) is 53.7 Å². The first-order valence-electron chi connectivity index (χ1n) is 6.92. The molecule has 0 N–H and O–H groups in total. The van der Waals surface area contributed by atoms with Crippen LogP contribution in [-0.4, -0.2) is 0 Å². The summed E-state index contributed by atoms with van der Waals surface area (Å²) < 4.78 is 0. The largest absolute Gasteiger partial charge is 0.0587 e. The normalized spacial score (nSPS) is 17.9. The molecule has 1 radical (unpaired) electrons. The molecule has 0 heterocycles. The van der Waals surface area contributed by atoms with E-state index in [4.69, 9.17) is 0 Å². The Kier molecular flexibility index (Phi) is 3.10. The van der Waals surface area contributed by atoms with Gasteiger partial charge in [0.2, 0.25) is 0 Å². The van der Waals surface area contributed by atoms with Crippen molar-refractivity contribution in [3.8, 4) is 0 Å². The highest BCUT2D eigenvalue weighted by atomic mass is 14.4. The number of benzene rings is 1. The van der Waals surface area contributed by atoms with Crippen LogP contribution in [-0.2, 0) is 11.8 Å². The molecule has 0 spiro atoms. The predicted octanol–water partition coefficient (Wildman–Crippen LogP) is 4.96. The summed E-state index contributed by atoms with van der Waals surface area (Å²) in [7, 11) is 0. The highest BCUT2D eigenvalue weighted by Gasteiger charge is 2.32. The van der Waals surface area contributed by atoms with Crippen molar-refractivity contribution < 1.29 is 0 Å². The average Bonchev–Trinajstić information content (AvgIpc) is 2.53. The fourth-order valence-electron chi connectivity index (χ4n) is 2.90. The Labute approximate surface area is 106 Å². The minimum absolute atomic E-state index is 0.359. The highest BCUT2D eigenvalue weighted by Crippen LogP contribution is 2.42. The lowest BCUT2D eigenvalue weighted by Crippen LogP contribution is -2.13. The molecule has 1 aliphatic carbocycles. The van der Waals surface area contributed by atoms with Crippen LogP contribution in [0, 0.1) is 6.07 Å². The number of rotatable bonds is 2. The second-order valence-electron chi connectivity index (χ2n) is 6.72. The van der Waals surface area contributed by atoms with Crippen LogP contribution in [0.25, 0.3) is 0 Å². The van der Waals surface area contributed by atoms with Gasteiger partial charge in [0, 0.05) is 0 Å². The predicted molar refractivity (Wildman–Crippen MR) is 74.8 cm³/mol. The van der Waals surface area contributed by atoms with E-state index < -0.39 is 0 Å². The van der Waals surface area contributed by atoms with Gasteiger partial charge in [0.05, 0.1) is 0 Å². The first-order valence-corrected chi connectivity index (χ1v) is 6.92. The number of fused-ring (bicyclic) bond motifs is 1. The molecule has 1 aromatic carbocycles. The third-order valence-electron chi connectivity index (χ3n) is 4.16. The van der Waals surface area contributed by atoms with Gasteiger partial charge in [0.1, 0.15) is 0 Å². The molecule has 0 aliphatic heterocycles. The molecule has 0 saturated heterocycles. The van der Waals surface area contributed by atoms with E-state index in [0.717, 1.165) is 0 Å². The van der Waals surface area contributed by atoms with Crippen LogP contribution in [0.4, 0.5) is 0 Å². The molecule has 0 unspecified atom stereocenters. The van der Waals surface area contributed by atoms with Gasteiger partial charge in [0.15, 0.2) is 0 Å². The average molecular weight is 229 g/mol. The molecular formula is C17H25. The van der Waals surface area contributed by atoms with Crippen molar-refractivity contribution in [2.75, 3.05) is 0 Å². The fraction of sp³-hybridized carbons (Fsp3) is 0.647. The van der Waals surface area contributed by atoms with Crippen LogP contribution < -0.4 is 0 Å². The molecule has 0 aromatic heterocycles. The SMILES string of the molecule is CC(C)c1[c]c(C(C)C)c2c(c1)C(C)(C)CC2. The molecule has 0 fully saturated rings. The van der Waals surface area contributed by atoms with E-state index >= 15 is 0 Å². The molecule has 1 aliphatic rings. The maximum absolute atomic E-state index is 3.68. The van der Waals surface area contributed by atoms with Crippen molar-refractivity contribution in [3.63, 3.8) is 0 Å². The summed E-state index contributed by atoms with van der Waals surface area (Å²) >= 11 is 0. The Morgan fingerprint density at radius 2 is 1.76 bits per heavy atom. The topological polar surface area (TPSA) is 0 Å². The highest BCUT2D eigenvalue weighted by molar-refractivity contribution is 5.47. The van der Waals surface area contributed by atoms with Crippen molar-refractivity contribution in [1.82, 2.24) is 0 Å². The van der Waals surface area contributed by atoms with Crippen molar-refractivity contribution >= 4 is 0 Å². The summed E-state index contributed by atoms with van der Waals surface area (Å²) in [5.41, 5.74) is 6.40. The lowest BCUT2D eigenvalue weighted by molar-refractivity contribution is 0.521. The van der Waals surface area contributed by atoms with Gasteiger partial charge in [-0.3, -0.25) is 0 Å². The molecule has 0 heteroatoms. The van der Waals surface area contributed by atoms with Crippen LogP contribution in [0.1, 0.15) is 82.1 Å². The fourth-order valence-corrected chi connectivity index (χ4v) is 2.90. The Hall–Kier alpha value is -0.780. The monoisotopic (exact) mass is 229 g/mol. The molecule has 0 saturated carbocycles. The number of hydrogen-bond donors (Lipinski definition) is 0. The van der Waals surface area contributed by atoms with E-state index in [0.29, 0.717) is 17.3 Å². The van der Waals surface area contributed by atoms with Gasteiger partial charge in [-0.2, -0.15) is 0 Å². The van der Waals surface area contributed by atoms with Crippen LogP contribution >= 0.6 is 0 Å². The van der Waals surface area contributed by atoms with Crippen molar-refractivity contribution in [2.24, 2.45) is 0 Å². The Balaban J connectivity index is 2.63. The first kappa shape index (κ1) is 12.7. The van der Waals surface area contributed by atoms with Gasteiger partial charge >= 0.3 is 0 Å². The van der Waals surface area contributed by atoms with E-state index in [1.807, 2.05) is 0 Å². The lowest BCUT2D eigenvalue weighted by atomic mass is 9.82. The minimum Gasteiger partial charge on any atom is -0.0587 e. The summed E-state index contributed by atoms with van der Waals surface area (Å²) in [6, 6.07) is 6.10. The van der Waals surface area contributed by atoms with Crippen LogP contribution in [0.3, 0.4) is 0 Å². The summed E-state index contributed by atoms with van der Waals surface area (Å²) in [4.78, 5) is 0. The van der Waals surface area contributed by atoms with E-state index in [1.54, 1.807) is 11.1 Å². The van der Waals surface area contributed by atoms with Gasteiger partial charge < -0.3 is 0 Å². The minimum atomic E-state index is 0.359. The molecule has 0 bridgehead atoms. The lowest BCUT2D eigenvalue weighted by Gasteiger charge is -2.22. The first-order chi connectivity index (χ1) is 7.83. The van der Waals surface area contributed by atoms with Gasteiger partial charge in [-0.05, 0) is 58.4 Å². The van der Waals surface area contributed by atoms with E-state index in [9.17, 15) is 0 Å². The second kappa shape index (κ2) is 4.15. The summed E-state index contributed by atoms with van der Waals surface area (Å²) in [5.74, 6) is 1.17. The molecule has 0 amide bonds. The molecule has 93 valence electrons. The van der Waals surface area contributed by atoms with E-state index in [-0.39, 0.29) is 0 Å². The molecular weight excluding hydrogens is 204 g/mol. The van der Waals surface area contributed by atoms with Crippen LogP contribution in [0.15, 0.2) is 6.07 Å². The summed E-state index contributed by atoms with van der Waals surface area (Å²) in [6.07, 6.45) is 2.53. The van der Waals surface area contributed by atoms with Gasteiger partial charge in [-0.25, -0.2) is 0 Å².